The quantitative estimate of drug-likeness (QED) is 0.835. The molecular weight excluding hydrogens is 300 g/mol. The predicted molar refractivity (Wildman–Crippen MR) is 84.8 cm³/mol. The van der Waals surface area contributed by atoms with Crippen LogP contribution >= 0.6 is 11.3 Å². The Labute approximate surface area is 133 Å². The minimum atomic E-state index is -0.957. The molecule has 1 aromatic heterocycles. The van der Waals surface area contributed by atoms with Crippen molar-refractivity contribution in [3.8, 4) is 6.07 Å². The fourth-order valence-corrected chi connectivity index (χ4v) is 3.89. The number of nitrogens with one attached hydrogen (secondary N) is 1. The maximum absolute atomic E-state index is 12.4. The van der Waals surface area contributed by atoms with Gasteiger partial charge in [-0.05, 0) is 31.7 Å². The Hall–Kier alpha value is -2.13. The molecule has 0 radical (unpaired) electrons. The van der Waals surface area contributed by atoms with Crippen LogP contribution in [0, 0.1) is 30.1 Å². The Bertz CT molecular complexity index is 670. The first-order valence-electron chi connectivity index (χ1n) is 7.20. The zero-order chi connectivity index (χ0) is 16.3. The molecule has 0 unspecified atom stereocenters. The maximum atomic E-state index is 12.4. The third kappa shape index (κ3) is 3.04. The molecule has 0 bridgehead atoms. The molecule has 0 fully saturated rings. The van der Waals surface area contributed by atoms with E-state index in [4.69, 9.17) is 0 Å². The standard InChI is InChI=1S/C16H18N2O3S/c1-3-10-9(2)22-15(13(10)8-17)18-14(19)11-6-4-5-7-12(11)16(20)21/h4-5,11-12H,3,6-7H2,1-2H3,(H,18,19)(H,20,21)/t11-,12+/m1/s1. The van der Waals surface area contributed by atoms with Crippen molar-refractivity contribution in [3.63, 3.8) is 0 Å². The Kier molecular flexibility index (Phi) is 4.99. The van der Waals surface area contributed by atoms with Crippen molar-refractivity contribution in [2.24, 2.45) is 11.8 Å². The topological polar surface area (TPSA) is 90.2 Å². The van der Waals surface area contributed by atoms with Crippen molar-refractivity contribution in [1.82, 2.24) is 0 Å². The first-order valence-corrected chi connectivity index (χ1v) is 8.02. The van der Waals surface area contributed by atoms with E-state index in [2.05, 4.69) is 11.4 Å². The first kappa shape index (κ1) is 16.2. The highest BCUT2D eigenvalue weighted by atomic mass is 32.1. The van der Waals surface area contributed by atoms with Crippen molar-refractivity contribution in [3.05, 3.63) is 28.2 Å². The number of allylic oxidation sites excluding steroid dienone is 2. The fourth-order valence-electron chi connectivity index (χ4n) is 2.79. The number of rotatable bonds is 4. The second-order valence-electron chi connectivity index (χ2n) is 5.29. The number of anilines is 1. The second-order valence-corrected chi connectivity index (χ2v) is 6.51. The van der Waals surface area contributed by atoms with Crippen LogP contribution in [-0.2, 0) is 16.0 Å². The molecule has 2 atom stereocenters. The lowest BCUT2D eigenvalue weighted by Gasteiger charge is -2.23. The van der Waals surface area contributed by atoms with Crippen LogP contribution in [0.1, 0.15) is 35.8 Å². The van der Waals surface area contributed by atoms with E-state index in [1.54, 1.807) is 6.08 Å². The maximum Gasteiger partial charge on any atom is 0.307 e. The van der Waals surface area contributed by atoms with Gasteiger partial charge in [0, 0.05) is 4.88 Å². The number of nitriles is 1. The molecule has 2 rings (SSSR count). The van der Waals surface area contributed by atoms with Crippen molar-refractivity contribution in [2.45, 2.75) is 33.1 Å². The number of hydrogen-bond acceptors (Lipinski definition) is 4. The van der Waals surface area contributed by atoms with Crippen LogP contribution in [-0.4, -0.2) is 17.0 Å². The van der Waals surface area contributed by atoms with Crippen molar-refractivity contribution >= 4 is 28.2 Å². The molecule has 0 spiro atoms. The van der Waals surface area contributed by atoms with Crippen LogP contribution in [0.3, 0.4) is 0 Å². The van der Waals surface area contributed by atoms with Gasteiger partial charge in [-0.1, -0.05) is 19.1 Å². The third-order valence-electron chi connectivity index (χ3n) is 4.00. The lowest BCUT2D eigenvalue weighted by molar-refractivity contribution is -0.146. The Morgan fingerprint density at radius 3 is 2.59 bits per heavy atom. The summed E-state index contributed by atoms with van der Waals surface area (Å²) in [7, 11) is 0. The molecule has 1 aromatic rings. The predicted octanol–water partition coefficient (Wildman–Crippen LogP) is 3.10. The largest absolute Gasteiger partial charge is 0.481 e. The van der Waals surface area contributed by atoms with E-state index in [0.717, 1.165) is 16.9 Å². The van der Waals surface area contributed by atoms with Crippen molar-refractivity contribution < 1.29 is 14.7 Å². The highest BCUT2D eigenvalue weighted by Crippen LogP contribution is 2.34. The molecule has 22 heavy (non-hydrogen) atoms. The summed E-state index contributed by atoms with van der Waals surface area (Å²) in [5.41, 5.74) is 1.44. The van der Waals surface area contributed by atoms with Gasteiger partial charge >= 0.3 is 5.97 Å². The van der Waals surface area contributed by atoms with Crippen LogP contribution in [0.25, 0.3) is 0 Å². The summed E-state index contributed by atoms with van der Waals surface area (Å²) in [5.74, 6) is -2.58. The SMILES string of the molecule is CCc1c(C)sc(NC(=O)[C@@H]2CC=CC[C@@H]2C(=O)O)c1C#N. The molecule has 1 amide bonds. The van der Waals surface area contributed by atoms with Gasteiger partial charge in [0.2, 0.25) is 5.91 Å². The fraction of sp³-hybridized carbons (Fsp3) is 0.438. The molecule has 1 aliphatic rings. The molecule has 6 heteroatoms. The summed E-state index contributed by atoms with van der Waals surface area (Å²) in [4.78, 5) is 24.7. The third-order valence-corrected chi connectivity index (χ3v) is 5.06. The van der Waals surface area contributed by atoms with Crippen molar-refractivity contribution in [2.75, 3.05) is 5.32 Å². The monoisotopic (exact) mass is 318 g/mol. The van der Waals surface area contributed by atoms with E-state index in [1.807, 2.05) is 19.9 Å². The first-order chi connectivity index (χ1) is 10.5. The van der Waals surface area contributed by atoms with Gasteiger partial charge in [0.05, 0.1) is 17.4 Å². The average Bonchev–Trinajstić information content (AvgIpc) is 2.81. The highest BCUT2D eigenvalue weighted by Gasteiger charge is 2.34. The summed E-state index contributed by atoms with van der Waals surface area (Å²) in [6.07, 6.45) is 5.14. The summed E-state index contributed by atoms with van der Waals surface area (Å²) >= 11 is 1.37. The molecule has 2 N–H and O–H groups in total. The molecule has 0 aliphatic heterocycles. The van der Waals surface area contributed by atoms with Gasteiger partial charge in [-0.15, -0.1) is 11.3 Å². The number of nitrogens with zero attached hydrogens (tertiary/aromatic N) is 1. The minimum absolute atomic E-state index is 0.322. The van der Waals surface area contributed by atoms with E-state index < -0.39 is 17.8 Å². The Balaban J connectivity index is 2.24. The van der Waals surface area contributed by atoms with E-state index in [1.165, 1.54) is 11.3 Å². The van der Waals surface area contributed by atoms with Crippen LogP contribution in [0.4, 0.5) is 5.00 Å². The van der Waals surface area contributed by atoms with Crippen LogP contribution in [0.2, 0.25) is 0 Å². The number of carbonyl (C=O) groups is 2. The number of carboxylic acid groups (broad SMARTS) is 1. The number of aliphatic carboxylic acids is 1. The lowest BCUT2D eigenvalue weighted by atomic mass is 9.82. The number of aryl methyl sites for hydroxylation is 1. The molecule has 116 valence electrons. The smallest absolute Gasteiger partial charge is 0.307 e. The number of hydrogen-bond donors (Lipinski definition) is 2. The molecule has 1 heterocycles. The van der Waals surface area contributed by atoms with Gasteiger partial charge in [-0.25, -0.2) is 0 Å². The van der Waals surface area contributed by atoms with Gasteiger partial charge < -0.3 is 10.4 Å². The Morgan fingerprint density at radius 2 is 2.05 bits per heavy atom. The second kappa shape index (κ2) is 6.75. The van der Waals surface area contributed by atoms with Gasteiger partial charge in [0.25, 0.3) is 0 Å². The van der Waals surface area contributed by atoms with Gasteiger partial charge in [0.15, 0.2) is 0 Å². The van der Waals surface area contributed by atoms with E-state index >= 15 is 0 Å². The summed E-state index contributed by atoms with van der Waals surface area (Å²) in [6, 6.07) is 2.14. The average molecular weight is 318 g/mol. The summed E-state index contributed by atoms with van der Waals surface area (Å²) in [6.45, 7) is 3.89. The molecule has 5 nitrogen and oxygen atoms in total. The van der Waals surface area contributed by atoms with E-state index in [0.29, 0.717) is 23.4 Å². The van der Waals surface area contributed by atoms with Gasteiger partial charge in [0.1, 0.15) is 11.1 Å². The normalized spacial score (nSPS) is 20.4. The molecule has 0 aromatic carbocycles. The molecule has 0 saturated heterocycles. The molecule has 0 saturated carbocycles. The van der Waals surface area contributed by atoms with Gasteiger partial charge in [-0.3, -0.25) is 9.59 Å². The number of thiophene rings is 1. The lowest BCUT2D eigenvalue weighted by Crippen LogP contribution is -2.34. The minimum Gasteiger partial charge on any atom is -0.481 e. The molecular formula is C16H18N2O3S. The highest BCUT2D eigenvalue weighted by molar-refractivity contribution is 7.16. The van der Waals surface area contributed by atoms with Gasteiger partial charge in [-0.2, -0.15) is 5.26 Å². The molecule has 1 aliphatic carbocycles. The number of amides is 1. The zero-order valence-electron chi connectivity index (χ0n) is 12.5. The van der Waals surface area contributed by atoms with E-state index in [9.17, 15) is 20.0 Å². The Morgan fingerprint density at radius 1 is 1.41 bits per heavy atom. The van der Waals surface area contributed by atoms with Crippen LogP contribution in [0.15, 0.2) is 12.2 Å². The van der Waals surface area contributed by atoms with Crippen molar-refractivity contribution in [1.29, 1.82) is 5.26 Å². The van der Waals surface area contributed by atoms with Crippen LogP contribution in [0.5, 0.6) is 0 Å². The zero-order valence-corrected chi connectivity index (χ0v) is 13.4. The summed E-state index contributed by atoms with van der Waals surface area (Å²) in [5, 5.41) is 21.9. The van der Waals surface area contributed by atoms with E-state index in [-0.39, 0.29) is 5.91 Å². The number of carboxylic acids is 1. The summed E-state index contributed by atoms with van der Waals surface area (Å²) < 4.78 is 0. The van der Waals surface area contributed by atoms with Crippen LogP contribution < -0.4 is 5.32 Å². The number of carbonyl (C=O) groups excluding carboxylic acids is 1.